The first-order chi connectivity index (χ1) is 8.22. The van der Waals surface area contributed by atoms with Gasteiger partial charge in [-0.3, -0.25) is 0 Å². The molecule has 2 rings (SSSR count). The molecule has 1 atom stereocenters. The van der Waals surface area contributed by atoms with Crippen molar-refractivity contribution in [3.05, 3.63) is 18.2 Å². The summed E-state index contributed by atoms with van der Waals surface area (Å²) in [5.41, 5.74) is 7.14. The largest absolute Gasteiger partial charge is 0.330 e. The fourth-order valence-electron chi connectivity index (χ4n) is 2.71. The van der Waals surface area contributed by atoms with Gasteiger partial charge in [0.25, 0.3) is 0 Å². The summed E-state index contributed by atoms with van der Waals surface area (Å²) in [7, 11) is 0. The second kappa shape index (κ2) is 5.65. The normalized spacial score (nSPS) is 20.6. The molecule has 0 amide bonds. The van der Waals surface area contributed by atoms with Gasteiger partial charge in [0.2, 0.25) is 0 Å². The Kier molecular flexibility index (Phi) is 4.18. The second-order valence-electron chi connectivity index (χ2n) is 5.09. The van der Waals surface area contributed by atoms with Crippen molar-refractivity contribution in [2.24, 2.45) is 5.73 Å². The highest BCUT2D eigenvalue weighted by Gasteiger charge is 2.22. The number of rotatable bonds is 4. The molecule has 4 nitrogen and oxygen atoms in total. The van der Waals surface area contributed by atoms with E-state index in [0.29, 0.717) is 6.04 Å². The maximum absolute atomic E-state index is 5.97. The molecule has 1 aromatic heterocycles. The Balaban J connectivity index is 1.98. The minimum Gasteiger partial charge on any atom is -0.330 e. The molecule has 2 N–H and O–H groups in total. The Labute approximate surface area is 104 Å². The number of likely N-dealkylation sites (tertiary alicyclic amines) is 1. The molecule has 0 bridgehead atoms. The van der Waals surface area contributed by atoms with Crippen LogP contribution >= 0.6 is 0 Å². The van der Waals surface area contributed by atoms with Crippen LogP contribution in [0, 0.1) is 0 Å². The number of nitrogens with zero attached hydrogens (tertiary/aromatic N) is 3. The standard InChI is InChI=1S/C13H24N4/c1-3-6-16-7-4-12(5-8-16)17-10-15-9-13(17)11(2)14/h9-12H,3-8,14H2,1-2H3/t11-/m0/s1. The summed E-state index contributed by atoms with van der Waals surface area (Å²) >= 11 is 0. The van der Waals surface area contributed by atoms with Gasteiger partial charge in [-0.05, 0) is 32.7 Å². The summed E-state index contributed by atoms with van der Waals surface area (Å²) in [6.45, 7) is 7.91. The molecule has 96 valence electrons. The van der Waals surface area contributed by atoms with E-state index in [1.54, 1.807) is 0 Å². The Morgan fingerprint density at radius 1 is 1.47 bits per heavy atom. The molecule has 17 heavy (non-hydrogen) atoms. The van der Waals surface area contributed by atoms with E-state index < -0.39 is 0 Å². The molecule has 0 spiro atoms. The predicted octanol–water partition coefficient (Wildman–Crippen LogP) is 1.95. The molecule has 0 aromatic carbocycles. The third-order valence-corrected chi connectivity index (χ3v) is 3.65. The van der Waals surface area contributed by atoms with E-state index in [0.717, 1.165) is 0 Å². The van der Waals surface area contributed by atoms with Gasteiger partial charge in [0.15, 0.2) is 0 Å². The lowest BCUT2D eigenvalue weighted by molar-refractivity contribution is 0.185. The van der Waals surface area contributed by atoms with Crippen LogP contribution in [-0.2, 0) is 0 Å². The lowest BCUT2D eigenvalue weighted by Gasteiger charge is -2.33. The van der Waals surface area contributed by atoms with Crippen molar-refractivity contribution in [1.29, 1.82) is 0 Å². The van der Waals surface area contributed by atoms with E-state index >= 15 is 0 Å². The third kappa shape index (κ3) is 2.87. The van der Waals surface area contributed by atoms with Crippen molar-refractivity contribution in [3.63, 3.8) is 0 Å². The first-order valence-electron chi connectivity index (χ1n) is 6.72. The van der Waals surface area contributed by atoms with Crippen LogP contribution in [0.5, 0.6) is 0 Å². The van der Waals surface area contributed by atoms with Crippen molar-refractivity contribution in [1.82, 2.24) is 14.5 Å². The Hall–Kier alpha value is -0.870. The van der Waals surface area contributed by atoms with E-state index in [9.17, 15) is 0 Å². The van der Waals surface area contributed by atoms with Gasteiger partial charge >= 0.3 is 0 Å². The van der Waals surface area contributed by atoms with Crippen LogP contribution in [0.4, 0.5) is 0 Å². The van der Waals surface area contributed by atoms with E-state index in [2.05, 4.69) is 21.4 Å². The first-order valence-corrected chi connectivity index (χ1v) is 6.72. The molecule has 0 radical (unpaired) electrons. The van der Waals surface area contributed by atoms with Crippen LogP contribution in [0.3, 0.4) is 0 Å². The molecular formula is C13H24N4. The van der Waals surface area contributed by atoms with E-state index in [-0.39, 0.29) is 6.04 Å². The molecule has 2 heterocycles. The van der Waals surface area contributed by atoms with Gasteiger partial charge in [-0.1, -0.05) is 6.92 Å². The second-order valence-corrected chi connectivity index (χ2v) is 5.09. The zero-order chi connectivity index (χ0) is 12.3. The minimum absolute atomic E-state index is 0.0752. The smallest absolute Gasteiger partial charge is 0.0951 e. The van der Waals surface area contributed by atoms with Crippen LogP contribution in [0.25, 0.3) is 0 Å². The zero-order valence-electron chi connectivity index (χ0n) is 11.0. The summed E-state index contributed by atoms with van der Waals surface area (Å²) in [5, 5.41) is 0. The summed E-state index contributed by atoms with van der Waals surface area (Å²) in [6, 6.07) is 0.665. The quantitative estimate of drug-likeness (QED) is 0.869. The molecule has 1 saturated heterocycles. The van der Waals surface area contributed by atoms with Gasteiger partial charge in [-0.15, -0.1) is 0 Å². The number of hydrogen-bond acceptors (Lipinski definition) is 3. The molecule has 4 heteroatoms. The predicted molar refractivity (Wildman–Crippen MR) is 69.8 cm³/mol. The molecule has 1 fully saturated rings. The molecule has 0 aliphatic carbocycles. The highest BCUT2D eigenvalue weighted by molar-refractivity contribution is 5.05. The Bertz CT molecular complexity index is 337. The van der Waals surface area contributed by atoms with Crippen LogP contribution in [0.15, 0.2) is 12.5 Å². The van der Waals surface area contributed by atoms with E-state index in [1.165, 1.54) is 44.6 Å². The zero-order valence-corrected chi connectivity index (χ0v) is 11.0. The summed E-state index contributed by atoms with van der Waals surface area (Å²) < 4.78 is 2.29. The lowest BCUT2D eigenvalue weighted by Crippen LogP contribution is -2.35. The van der Waals surface area contributed by atoms with Gasteiger partial charge in [0.05, 0.1) is 12.0 Å². The first kappa shape index (κ1) is 12.6. The van der Waals surface area contributed by atoms with Crippen molar-refractivity contribution in [2.75, 3.05) is 19.6 Å². The fourth-order valence-corrected chi connectivity index (χ4v) is 2.71. The SMILES string of the molecule is CCCN1CCC(n2cncc2[C@H](C)N)CC1. The number of imidazole rings is 1. The third-order valence-electron chi connectivity index (χ3n) is 3.65. The van der Waals surface area contributed by atoms with Crippen LogP contribution in [-0.4, -0.2) is 34.1 Å². The van der Waals surface area contributed by atoms with E-state index in [4.69, 9.17) is 5.73 Å². The van der Waals surface area contributed by atoms with Crippen molar-refractivity contribution in [3.8, 4) is 0 Å². The van der Waals surface area contributed by atoms with Crippen LogP contribution in [0.2, 0.25) is 0 Å². The Morgan fingerprint density at radius 2 is 2.18 bits per heavy atom. The summed E-state index contributed by atoms with van der Waals surface area (Å²) in [6.07, 6.45) is 7.54. The van der Waals surface area contributed by atoms with Gasteiger partial charge in [-0.25, -0.2) is 4.98 Å². The molecule has 0 saturated carbocycles. The van der Waals surface area contributed by atoms with Gasteiger partial charge in [0.1, 0.15) is 0 Å². The average molecular weight is 236 g/mol. The van der Waals surface area contributed by atoms with Crippen molar-refractivity contribution >= 4 is 0 Å². The maximum Gasteiger partial charge on any atom is 0.0951 e. The minimum atomic E-state index is 0.0752. The van der Waals surface area contributed by atoms with Crippen LogP contribution in [0.1, 0.15) is 50.9 Å². The topological polar surface area (TPSA) is 47.1 Å². The molecule has 1 aromatic rings. The van der Waals surface area contributed by atoms with Crippen molar-refractivity contribution in [2.45, 2.75) is 45.2 Å². The van der Waals surface area contributed by atoms with Crippen LogP contribution < -0.4 is 5.73 Å². The van der Waals surface area contributed by atoms with Crippen molar-refractivity contribution < 1.29 is 0 Å². The molecule has 1 aliphatic heterocycles. The molecular weight excluding hydrogens is 212 g/mol. The van der Waals surface area contributed by atoms with Gasteiger partial charge < -0.3 is 15.2 Å². The monoisotopic (exact) mass is 236 g/mol. The van der Waals surface area contributed by atoms with E-state index in [1.807, 2.05) is 19.4 Å². The highest BCUT2D eigenvalue weighted by atomic mass is 15.2. The highest BCUT2D eigenvalue weighted by Crippen LogP contribution is 2.25. The maximum atomic E-state index is 5.97. The molecule has 0 unspecified atom stereocenters. The number of piperidine rings is 1. The average Bonchev–Trinajstić information content (AvgIpc) is 2.79. The summed E-state index contributed by atoms with van der Waals surface area (Å²) in [4.78, 5) is 6.80. The number of nitrogens with two attached hydrogens (primary N) is 1. The lowest BCUT2D eigenvalue weighted by atomic mass is 10.0. The molecule has 1 aliphatic rings. The van der Waals surface area contributed by atoms with Gasteiger partial charge in [-0.2, -0.15) is 0 Å². The number of aromatic nitrogens is 2. The van der Waals surface area contributed by atoms with Gasteiger partial charge in [0, 0.05) is 31.4 Å². The fraction of sp³-hybridized carbons (Fsp3) is 0.769. The Morgan fingerprint density at radius 3 is 2.76 bits per heavy atom. The summed E-state index contributed by atoms with van der Waals surface area (Å²) in [5.74, 6) is 0. The number of hydrogen-bond donors (Lipinski definition) is 1.